The third kappa shape index (κ3) is 2.38. The Morgan fingerprint density at radius 2 is 1.56 bits per heavy atom. The first-order valence-electron chi connectivity index (χ1n) is 4.33. The van der Waals surface area contributed by atoms with Crippen molar-refractivity contribution in [2.75, 3.05) is 7.05 Å². The lowest BCUT2D eigenvalue weighted by molar-refractivity contribution is -0.394. The summed E-state index contributed by atoms with van der Waals surface area (Å²) in [6.45, 7) is 1.63. The largest absolute Gasteiger partial charge is 0.293 e. The Morgan fingerprint density at radius 1 is 1.12 bits per heavy atom. The van der Waals surface area contributed by atoms with Gasteiger partial charge < -0.3 is 0 Å². The summed E-state index contributed by atoms with van der Waals surface area (Å²) in [5, 5.41) is 21.2. The number of hydrogen-bond donors (Lipinski definition) is 0. The van der Waals surface area contributed by atoms with Crippen molar-refractivity contribution in [3.63, 3.8) is 0 Å². The first kappa shape index (κ1) is 11.8. The van der Waals surface area contributed by atoms with Gasteiger partial charge in [0.05, 0.1) is 15.9 Å². The van der Waals surface area contributed by atoms with Crippen molar-refractivity contribution in [3.05, 3.63) is 44.0 Å². The van der Waals surface area contributed by atoms with E-state index in [0.717, 1.165) is 6.07 Å². The van der Waals surface area contributed by atoms with Crippen molar-refractivity contribution in [3.8, 4) is 0 Å². The molecule has 0 radical (unpaired) electrons. The highest BCUT2D eigenvalue weighted by Crippen LogP contribution is 2.22. The maximum Gasteiger partial charge on any atom is 0.276 e. The topological polar surface area (TPSA) is 98.6 Å². The van der Waals surface area contributed by atoms with E-state index in [1.807, 2.05) is 0 Å². The Hall–Kier alpha value is -2.31. The Labute approximate surface area is 90.7 Å². The van der Waals surface area contributed by atoms with Crippen molar-refractivity contribution < 1.29 is 9.85 Å². The van der Waals surface area contributed by atoms with Gasteiger partial charge in [0.2, 0.25) is 0 Å². The zero-order valence-corrected chi connectivity index (χ0v) is 8.71. The summed E-state index contributed by atoms with van der Waals surface area (Å²) in [5.41, 5.74) is 0.259. The monoisotopic (exact) mass is 223 g/mol. The Balaban J connectivity index is 3.41. The molecule has 0 aromatic heterocycles. The molecule has 0 aliphatic carbocycles. The number of hydrogen-bond acceptors (Lipinski definition) is 5. The van der Waals surface area contributed by atoms with Gasteiger partial charge in [0.1, 0.15) is 0 Å². The second kappa shape index (κ2) is 4.47. The molecule has 0 amide bonds. The number of nitro groups is 2. The van der Waals surface area contributed by atoms with E-state index < -0.39 is 9.85 Å². The maximum absolute atomic E-state index is 10.6. The molecule has 0 bridgehead atoms. The number of benzene rings is 1. The van der Waals surface area contributed by atoms with Crippen molar-refractivity contribution >= 4 is 17.1 Å². The van der Waals surface area contributed by atoms with Crippen molar-refractivity contribution in [2.24, 2.45) is 4.99 Å². The molecular weight excluding hydrogens is 214 g/mol. The van der Waals surface area contributed by atoms with Gasteiger partial charge in [-0.2, -0.15) is 0 Å². The van der Waals surface area contributed by atoms with Gasteiger partial charge in [0.25, 0.3) is 11.4 Å². The van der Waals surface area contributed by atoms with Crippen molar-refractivity contribution in [2.45, 2.75) is 6.92 Å². The van der Waals surface area contributed by atoms with Crippen molar-refractivity contribution in [1.29, 1.82) is 0 Å². The number of non-ortho nitro benzene ring substituents is 2. The third-order valence-electron chi connectivity index (χ3n) is 2.08. The molecule has 7 nitrogen and oxygen atoms in total. The van der Waals surface area contributed by atoms with Crippen LogP contribution in [0.3, 0.4) is 0 Å². The lowest BCUT2D eigenvalue weighted by atomic mass is 10.1. The fourth-order valence-electron chi connectivity index (χ4n) is 1.14. The molecule has 0 aliphatic rings. The van der Waals surface area contributed by atoms with E-state index in [2.05, 4.69) is 4.99 Å². The lowest BCUT2D eigenvalue weighted by Crippen LogP contribution is -1.99. The van der Waals surface area contributed by atoms with Crippen LogP contribution in [-0.4, -0.2) is 22.6 Å². The summed E-state index contributed by atoms with van der Waals surface area (Å²) in [7, 11) is 1.51. The van der Waals surface area contributed by atoms with Crippen LogP contribution in [0.1, 0.15) is 12.5 Å². The van der Waals surface area contributed by atoms with Gasteiger partial charge in [-0.1, -0.05) is 0 Å². The van der Waals surface area contributed by atoms with E-state index in [9.17, 15) is 20.2 Å². The van der Waals surface area contributed by atoms with E-state index in [-0.39, 0.29) is 11.4 Å². The standard InChI is InChI=1S/C9H9N3O4/c1-6(10-2)7-3-8(11(13)14)5-9(4-7)12(15)16/h3-5H,1-2H3. The second-order valence-corrected chi connectivity index (χ2v) is 3.06. The number of nitrogens with zero attached hydrogens (tertiary/aromatic N) is 3. The van der Waals surface area contributed by atoms with Crippen LogP contribution in [-0.2, 0) is 0 Å². The quantitative estimate of drug-likeness (QED) is 0.444. The molecule has 1 rings (SSSR count). The third-order valence-corrected chi connectivity index (χ3v) is 2.08. The smallest absolute Gasteiger partial charge is 0.276 e. The minimum Gasteiger partial charge on any atom is -0.293 e. The molecule has 1 aromatic carbocycles. The van der Waals surface area contributed by atoms with Gasteiger partial charge in [0.15, 0.2) is 0 Å². The molecule has 0 spiro atoms. The number of aliphatic imine (C=N–C) groups is 1. The van der Waals surface area contributed by atoms with Crippen LogP contribution in [0.15, 0.2) is 23.2 Å². The molecule has 7 heteroatoms. The van der Waals surface area contributed by atoms with Crippen LogP contribution < -0.4 is 0 Å². The zero-order valence-electron chi connectivity index (χ0n) is 8.71. The molecule has 16 heavy (non-hydrogen) atoms. The summed E-state index contributed by atoms with van der Waals surface area (Å²) in [6.07, 6.45) is 0. The van der Waals surface area contributed by atoms with Crippen LogP contribution in [0.25, 0.3) is 0 Å². The molecule has 0 aliphatic heterocycles. The highest BCUT2D eigenvalue weighted by Gasteiger charge is 2.17. The van der Waals surface area contributed by atoms with Gasteiger partial charge in [0, 0.05) is 30.5 Å². The summed E-state index contributed by atoms with van der Waals surface area (Å²) in [5.74, 6) is 0. The molecule has 0 heterocycles. The SMILES string of the molecule is CN=C(C)c1cc([N+](=O)[O-])cc([N+](=O)[O-])c1. The minimum atomic E-state index is -0.667. The molecule has 84 valence electrons. The fraction of sp³-hybridized carbons (Fsp3) is 0.222. The van der Waals surface area contributed by atoms with E-state index in [1.165, 1.54) is 19.2 Å². The molecule has 1 aromatic rings. The van der Waals surface area contributed by atoms with E-state index in [1.54, 1.807) is 6.92 Å². The lowest BCUT2D eigenvalue weighted by Gasteiger charge is -2.00. The minimum absolute atomic E-state index is 0.313. The summed E-state index contributed by atoms with van der Waals surface area (Å²) in [4.78, 5) is 23.7. The highest BCUT2D eigenvalue weighted by molar-refractivity contribution is 5.99. The molecule has 0 fully saturated rings. The van der Waals surface area contributed by atoms with Gasteiger partial charge in [-0.15, -0.1) is 0 Å². The van der Waals surface area contributed by atoms with E-state index in [4.69, 9.17) is 0 Å². The predicted octanol–water partition coefficient (Wildman–Crippen LogP) is 1.94. The zero-order chi connectivity index (χ0) is 12.3. The summed E-state index contributed by atoms with van der Waals surface area (Å²) >= 11 is 0. The second-order valence-electron chi connectivity index (χ2n) is 3.06. The summed E-state index contributed by atoms with van der Waals surface area (Å²) in [6, 6.07) is 3.44. The normalized spacial score (nSPS) is 11.2. The Bertz CT molecular complexity index is 449. The number of rotatable bonds is 3. The van der Waals surface area contributed by atoms with Crippen LogP contribution >= 0.6 is 0 Å². The maximum atomic E-state index is 10.6. The van der Waals surface area contributed by atoms with Gasteiger partial charge in [-0.25, -0.2) is 0 Å². The predicted molar refractivity (Wildman–Crippen MR) is 57.9 cm³/mol. The fourth-order valence-corrected chi connectivity index (χ4v) is 1.14. The van der Waals surface area contributed by atoms with Crippen LogP contribution in [0.2, 0.25) is 0 Å². The average molecular weight is 223 g/mol. The summed E-state index contributed by atoms with van der Waals surface area (Å²) < 4.78 is 0. The molecule has 0 unspecified atom stereocenters. The van der Waals surface area contributed by atoms with Gasteiger partial charge in [-0.3, -0.25) is 25.2 Å². The van der Waals surface area contributed by atoms with Crippen LogP contribution in [0.5, 0.6) is 0 Å². The first-order valence-corrected chi connectivity index (χ1v) is 4.33. The van der Waals surface area contributed by atoms with Crippen LogP contribution in [0.4, 0.5) is 11.4 Å². The molecular formula is C9H9N3O4. The number of nitro benzene ring substituents is 2. The van der Waals surface area contributed by atoms with Gasteiger partial charge in [-0.05, 0) is 6.92 Å². The molecule has 0 atom stereocenters. The first-order chi connectivity index (χ1) is 7.45. The molecule has 0 saturated carbocycles. The van der Waals surface area contributed by atoms with Gasteiger partial charge >= 0.3 is 0 Å². The molecule has 0 N–H and O–H groups in total. The highest BCUT2D eigenvalue weighted by atomic mass is 16.6. The Morgan fingerprint density at radius 3 is 1.88 bits per heavy atom. The van der Waals surface area contributed by atoms with Crippen molar-refractivity contribution in [1.82, 2.24) is 0 Å². The Kier molecular flexibility index (Phi) is 3.29. The van der Waals surface area contributed by atoms with Crippen LogP contribution in [0, 0.1) is 20.2 Å². The average Bonchev–Trinajstić information content (AvgIpc) is 2.27. The van der Waals surface area contributed by atoms with E-state index >= 15 is 0 Å². The van der Waals surface area contributed by atoms with E-state index in [0.29, 0.717) is 11.3 Å². The molecule has 0 saturated heterocycles.